The highest BCUT2D eigenvalue weighted by Gasteiger charge is 2.30. The van der Waals surface area contributed by atoms with Gasteiger partial charge in [0.1, 0.15) is 0 Å². The zero-order valence-corrected chi connectivity index (χ0v) is 9.91. The van der Waals surface area contributed by atoms with Crippen molar-refractivity contribution in [3.05, 3.63) is 53.5 Å². The van der Waals surface area contributed by atoms with Gasteiger partial charge in [-0.3, -0.25) is 4.79 Å². The lowest BCUT2D eigenvalue weighted by atomic mass is 10.2. The van der Waals surface area contributed by atoms with Crippen LogP contribution in [0.1, 0.15) is 21.7 Å². The number of hydrogen-bond donors (Lipinski definition) is 1. The Hall–Kier alpha value is -2.24. The van der Waals surface area contributed by atoms with Crippen molar-refractivity contribution in [1.82, 2.24) is 0 Å². The summed E-state index contributed by atoms with van der Waals surface area (Å²) in [5, 5.41) is 2.36. The van der Waals surface area contributed by atoms with Crippen molar-refractivity contribution >= 4 is 11.6 Å². The van der Waals surface area contributed by atoms with Crippen LogP contribution in [0.15, 0.2) is 41.0 Å². The molecule has 0 fully saturated rings. The summed E-state index contributed by atoms with van der Waals surface area (Å²) in [7, 11) is 0. The van der Waals surface area contributed by atoms with Crippen LogP contribution in [-0.2, 0) is 6.18 Å². The monoisotopic (exact) mass is 269 g/mol. The van der Waals surface area contributed by atoms with E-state index in [0.29, 0.717) is 5.56 Å². The van der Waals surface area contributed by atoms with E-state index in [4.69, 9.17) is 4.42 Å². The fourth-order valence-electron chi connectivity index (χ4n) is 1.57. The molecule has 1 aromatic carbocycles. The molecular weight excluding hydrogens is 259 g/mol. The maximum atomic E-state index is 12.5. The van der Waals surface area contributed by atoms with Crippen LogP contribution < -0.4 is 5.32 Å². The van der Waals surface area contributed by atoms with E-state index >= 15 is 0 Å². The van der Waals surface area contributed by atoms with Crippen molar-refractivity contribution in [2.75, 3.05) is 5.32 Å². The second-order valence-corrected chi connectivity index (χ2v) is 3.97. The Balaban J connectivity index is 2.21. The molecule has 1 heterocycles. The zero-order chi connectivity index (χ0) is 14.0. The largest absolute Gasteiger partial charge is 0.459 e. The molecule has 0 aliphatic carbocycles. The molecule has 0 bridgehead atoms. The topological polar surface area (TPSA) is 42.2 Å². The molecule has 0 saturated heterocycles. The number of carbonyl (C=O) groups excluding carboxylic acids is 1. The summed E-state index contributed by atoms with van der Waals surface area (Å²) in [4.78, 5) is 11.8. The van der Waals surface area contributed by atoms with Gasteiger partial charge in [0.15, 0.2) is 5.76 Å². The molecule has 100 valence electrons. The van der Waals surface area contributed by atoms with Gasteiger partial charge in [-0.05, 0) is 31.2 Å². The highest BCUT2D eigenvalue weighted by atomic mass is 19.4. The van der Waals surface area contributed by atoms with E-state index in [1.54, 1.807) is 13.0 Å². The normalized spacial score (nSPS) is 11.4. The number of nitrogens with one attached hydrogen (secondary N) is 1. The minimum atomic E-state index is -4.44. The van der Waals surface area contributed by atoms with Crippen LogP contribution in [0.5, 0.6) is 0 Å². The Labute approximate surface area is 107 Å². The smallest absolute Gasteiger partial charge is 0.416 e. The van der Waals surface area contributed by atoms with Gasteiger partial charge in [-0.1, -0.05) is 6.07 Å². The van der Waals surface area contributed by atoms with E-state index in [0.717, 1.165) is 12.1 Å². The average Bonchev–Trinajstić information content (AvgIpc) is 2.75. The number of rotatable bonds is 2. The predicted molar refractivity (Wildman–Crippen MR) is 62.8 cm³/mol. The summed E-state index contributed by atoms with van der Waals surface area (Å²) in [5.41, 5.74) is -0.137. The van der Waals surface area contributed by atoms with Crippen LogP contribution in [-0.4, -0.2) is 5.91 Å². The van der Waals surface area contributed by atoms with Crippen molar-refractivity contribution in [2.24, 2.45) is 0 Å². The molecule has 6 heteroatoms. The standard InChI is InChI=1S/C13H10F3NO2/c1-8-5-6-19-11(8)12(18)17-10-4-2-3-9(7-10)13(14,15)16/h2-7H,1H3,(H,17,18). The number of halogens is 3. The lowest BCUT2D eigenvalue weighted by Crippen LogP contribution is -2.13. The Bertz CT molecular complexity index is 602. The SMILES string of the molecule is Cc1ccoc1C(=O)Nc1cccc(C(F)(F)F)c1. The number of hydrogen-bond acceptors (Lipinski definition) is 2. The van der Waals surface area contributed by atoms with Gasteiger partial charge in [-0.15, -0.1) is 0 Å². The van der Waals surface area contributed by atoms with E-state index in [1.165, 1.54) is 18.4 Å². The lowest BCUT2D eigenvalue weighted by Gasteiger charge is -2.09. The quantitative estimate of drug-likeness (QED) is 0.899. The summed E-state index contributed by atoms with van der Waals surface area (Å²) in [6.07, 6.45) is -3.10. The van der Waals surface area contributed by atoms with Crippen LogP contribution in [0.4, 0.5) is 18.9 Å². The molecule has 0 radical (unpaired) electrons. The molecule has 2 aromatic rings. The fourth-order valence-corrected chi connectivity index (χ4v) is 1.57. The fraction of sp³-hybridized carbons (Fsp3) is 0.154. The van der Waals surface area contributed by atoms with E-state index in [2.05, 4.69) is 5.32 Å². The first kappa shape index (κ1) is 13.2. The highest BCUT2D eigenvalue weighted by molar-refractivity contribution is 6.03. The highest BCUT2D eigenvalue weighted by Crippen LogP contribution is 2.30. The maximum absolute atomic E-state index is 12.5. The summed E-state index contributed by atoms with van der Waals surface area (Å²) in [5.74, 6) is -0.501. The van der Waals surface area contributed by atoms with Crippen LogP contribution in [0.3, 0.4) is 0 Å². The number of carbonyl (C=O) groups is 1. The van der Waals surface area contributed by atoms with Crippen molar-refractivity contribution in [3.8, 4) is 0 Å². The second-order valence-electron chi connectivity index (χ2n) is 3.97. The van der Waals surface area contributed by atoms with E-state index < -0.39 is 17.6 Å². The van der Waals surface area contributed by atoms with Gasteiger partial charge in [-0.2, -0.15) is 13.2 Å². The maximum Gasteiger partial charge on any atom is 0.416 e. The Kier molecular flexibility index (Phi) is 3.33. The number of anilines is 1. The first-order valence-corrected chi connectivity index (χ1v) is 5.40. The van der Waals surface area contributed by atoms with Crippen molar-refractivity contribution < 1.29 is 22.4 Å². The van der Waals surface area contributed by atoms with Gasteiger partial charge in [0.05, 0.1) is 11.8 Å². The Morgan fingerprint density at radius 2 is 2.00 bits per heavy atom. The third kappa shape index (κ3) is 2.96. The molecule has 19 heavy (non-hydrogen) atoms. The molecule has 0 atom stereocenters. The molecule has 0 aliphatic heterocycles. The molecule has 3 nitrogen and oxygen atoms in total. The molecule has 2 rings (SSSR count). The van der Waals surface area contributed by atoms with Gasteiger partial charge in [0.25, 0.3) is 5.91 Å². The minimum Gasteiger partial charge on any atom is -0.459 e. The Morgan fingerprint density at radius 3 is 2.58 bits per heavy atom. The third-order valence-corrected chi connectivity index (χ3v) is 2.52. The third-order valence-electron chi connectivity index (χ3n) is 2.52. The van der Waals surface area contributed by atoms with Crippen LogP contribution in [0.2, 0.25) is 0 Å². The van der Waals surface area contributed by atoms with Crippen LogP contribution >= 0.6 is 0 Å². The van der Waals surface area contributed by atoms with Gasteiger partial charge in [0, 0.05) is 11.3 Å². The van der Waals surface area contributed by atoms with Crippen molar-refractivity contribution in [1.29, 1.82) is 0 Å². The van der Waals surface area contributed by atoms with Crippen molar-refractivity contribution in [3.63, 3.8) is 0 Å². The molecule has 0 unspecified atom stereocenters. The molecule has 1 aromatic heterocycles. The van der Waals surface area contributed by atoms with Gasteiger partial charge >= 0.3 is 6.18 Å². The van der Waals surface area contributed by atoms with E-state index in [9.17, 15) is 18.0 Å². The number of amides is 1. The first-order chi connectivity index (χ1) is 8.88. The number of benzene rings is 1. The summed E-state index contributed by atoms with van der Waals surface area (Å²) in [6, 6.07) is 6.02. The molecular formula is C13H10F3NO2. The van der Waals surface area contributed by atoms with Crippen LogP contribution in [0.25, 0.3) is 0 Å². The number of alkyl halides is 3. The molecule has 1 N–H and O–H groups in total. The van der Waals surface area contributed by atoms with Gasteiger partial charge in [0.2, 0.25) is 0 Å². The van der Waals surface area contributed by atoms with E-state index in [-0.39, 0.29) is 11.4 Å². The zero-order valence-electron chi connectivity index (χ0n) is 9.91. The second kappa shape index (κ2) is 4.79. The van der Waals surface area contributed by atoms with E-state index in [1.807, 2.05) is 0 Å². The lowest BCUT2D eigenvalue weighted by molar-refractivity contribution is -0.137. The molecule has 1 amide bonds. The summed E-state index contributed by atoms with van der Waals surface area (Å²) >= 11 is 0. The summed E-state index contributed by atoms with van der Waals surface area (Å²) < 4.78 is 42.5. The molecule has 0 spiro atoms. The molecule has 0 aliphatic rings. The predicted octanol–water partition coefficient (Wildman–Crippen LogP) is 3.86. The first-order valence-electron chi connectivity index (χ1n) is 5.40. The Morgan fingerprint density at radius 1 is 1.26 bits per heavy atom. The number of furan rings is 1. The van der Waals surface area contributed by atoms with Crippen LogP contribution in [0, 0.1) is 6.92 Å². The average molecular weight is 269 g/mol. The summed E-state index contributed by atoms with van der Waals surface area (Å²) in [6.45, 7) is 1.67. The van der Waals surface area contributed by atoms with Crippen molar-refractivity contribution in [2.45, 2.75) is 13.1 Å². The van der Waals surface area contributed by atoms with Gasteiger partial charge in [-0.25, -0.2) is 0 Å². The number of aryl methyl sites for hydroxylation is 1. The van der Waals surface area contributed by atoms with Gasteiger partial charge < -0.3 is 9.73 Å². The minimum absolute atomic E-state index is 0.0654. The molecule has 0 saturated carbocycles.